The van der Waals surface area contributed by atoms with Crippen LogP contribution in [0.5, 0.6) is 5.88 Å². The van der Waals surface area contributed by atoms with Crippen molar-refractivity contribution < 1.29 is 9.26 Å². The molecule has 0 aliphatic rings. The van der Waals surface area contributed by atoms with Crippen LogP contribution in [0.3, 0.4) is 0 Å². The van der Waals surface area contributed by atoms with E-state index in [4.69, 9.17) is 9.26 Å². The number of ether oxygens (including phenoxy) is 1. The first-order valence-electron chi connectivity index (χ1n) is 8.69. The van der Waals surface area contributed by atoms with Crippen LogP contribution >= 0.6 is 0 Å². The smallest absolute Gasteiger partial charge is 0.212 e. The van der Waals surface area contributed by atoms with Crippen LogP contribution in [0.25, 0.3) is 0 Å². The SMILES string of the molecule is CCNC(=NCc1ccc(OC)nc1)NCc1c(CC)noc1CC. The highest BCUT2D eigenvalue weighted by Gasteiger charge is 2.13. The molecule has 25 heavy (non-hydrogen) atoms. The normalized spacial score (nSPS) is 11.4. The molecule has 0 saturated heterocycles. The standard InChI is InChI=1S/C18H27N5O2/c1-5-15-14(16(6-2)25-23-15)12-22-18(19-7-3)21-11-13-8-9-17(24-4)20-10-13/h8-10H,5-7,11-12H2,1-4H3,(H2,19,21,22). The predicted octanol–water partition coefficient (Wildman–Crippen LogP) is 2.46. The van der Waals surface area contributed by atoms with Crippen molar-refractivity contribution in [2.24, 2.45) is 4.99 Å². The van der Waals surface area contributed by atoms with Crippen LogP contribution in [-0.2, 0) is 25.9 Å². The largest absolute Gasteiger partial charge is 0.481 e. The minimum Gasteiger partial charge on any atom is -0.481 e. The Bertz CT molecular complexity index is 658. The first-order valence-corrected chi connectivity index (χ1v) is 8.69. The fourth-order valence-electron chi connectivity index (χ4n) is 2.45. The molecule has 0 aromatic carbocycles. The van der Waals surface area contributed by atoms with E-state index < -0.39 is 0 Å². The molecule has 136 valence electrons. The summed E-state index contributed by atoms with van der Waals surface area (Å²) < 4.78 is 10.5. The maximum absolute atomic E-state index is 5.41. The van der Waals surface area contributed by atoms with Crippen molar-refractivity contribution in [1.29, 1.82) is 0 Å². The van der Waals surface area contributed by atoms with Gasteiger partial charge in [-0.2, -0.15) is 0 Å². The monoisotopic (exact) mass is 345 g/mol. The Kier molecular flexibility index (Phi) is 7.25. The van der Waals surface area contributed by atoms with Gasteiger partial charge in [0.15, 0.2) is 5.96 Å². The average molecular weight is 345 g/mol. The van der Waals surface area contributed by atoms with E-state index in [2.05, 4.69) is 39.6 Å². The molecule has 0 bridgehead atoms. The van der Waals surface area contributed by atoms with Gasteiger partial charge in [0.25, 0.3) is 0 Å². The summed E-state index contributed by atoms with van der Waals surface area (Å²) in [5.41, 5.74) is 3.15. The lowest BCUT2D eigenvalue weighted by Crippen LogP contribution is -2.37. The van der Waals surface area contributed by atoms with Crippen LogP contribution in [-0.4, -0.2) is 29.8 Å². The van der Waals surface area contributed by atoms with Crippen LogP contribution in [0.2, 0.25) is 0 Å². The van der Waals surface area contributed by atoms with Gasteiger partial charge in [0, 0.05) is 37.3 Å². The van der Waals surface area contributed by atoms with Gasteiger partial charge in [0.05, 0.1) is 19.3 Å². The number of hydrogen-bond acceptors (Lipinski definition) is 5. The number of methoxy groups -OCH3 is 1. The highest BCUT2D eigenvalue weighted by Crippen LogP contribution is 2.15. The van der Waals surface area contributed by atoms with Crippen molar-refractivity contribution in [3.8, 4) is 5.88 Å². The maximum atomic E-state index is 5.41. The van der Waals surface area contributed by atoms with Crippen LogP contribution in [0.15, 0.2) is 27.8 Å². The van der Waals surface area contributed by atoms with Gasteiger partial charge in [-0.1, -0.05) is 25.1 Å². The average Bonchev–Trinajstić information content (AvgIpc) is 3.06. The predicted molar refractivity (Wildman–Crippen MR) is 97.7 cm³/mol. The molecule has 7 heteroatoms. The molecule has 0 spiro atoms. The molecule has 2 aromatic rings. The number of aliphatic imine (C=N–C) groups is 1. The molecule has 2 N–H and O–H groups in total. The Hall–Kier alpha value is -2.57. The number of nitrogens with one attached hydrogen (secondary N) is 2. The molecule has 0 unspecified atom stereocenters. The molecule has 0 amide bonds. The molecule has 0 atom stereocenters. The van der Waals surface area contributed by atoms with Crippen LogP contribution in [0.4, 0.5) is 0 Å². The number of nitrogens with zero attached hydrogens (tertiary/aromatic N) is 3. The van der Waals surface area contributed by atoms with E-state index >= 15 is 0 Å². The lowest BCUT2D eigenvalue weighted by atomic mass is 10.1. The highest BCUT2D eigenvalue weighted by molar-refractivity contribution is 5.79. The van der Waals surface area contributed by atoms with Crippen molar-refractivity contribution in [2.75, 3.05) is 13.7 Å². The molecule has 7 nitrogen and oxygen atoms in total. The zero-order valence-electron chi connectivity index (χ0n) is 15.4. The number of guanidine groups is 1. The zero-order valence-corrected chi connectivity index (χ0v) is 15.4. The molecule has 0 aliphatic carbocycles. The molecule has 2 heterocycles. The van der Waals surface area contributed by atoms with Gasteiger partial charge >= 0.3 is 0 Å². The number of aryl methyl sites for hydroxylation is 2. The summed E-state index contributed by atoms with van der Waals surface area (Å²) in [7, 11) is 1.60. The van der Waals surface area contributed by atoms with Crippen molar-refractivity contribution in [1.82, 2.24) is 20.8 Å². The van der Waals surface area contributed by atoms with Gasteiger partial charge in [0.1, 0.15) is 5.76 Å². The topological polar surface area (TPSA) is 84.6 Å². The minimum atomic E-state index is 0.539. The van der Waals surface area contributed by atoms with Crippen LogP contribution in [0.1, 0.15) is 43.4 Å². The molecule has 0 radical (unpaired) electrons. The quantitative estimate of drug-likeness (QED) is 0.565. The second-order valence-electron chi connectivity index (χ2n) is 5.50. The van der Waals surface area contributed by atoms with E-state index in [9.17, 15) is 0 Å². The molecule has 0 fully saturated rings. The van der Waals surface area contributed by atoms with E-state index in [-0.39, 0.29) is 0 Å². The molecule has 0 saturated carbocycles. The van der Waals surface area contributed by atoms with E-state index in [0.29, 0.717) is 19.0 Å². The Morgan fingerprint density at radius 3 is 2.64 bits per heavy atom. The fourth-order valence-corrected chi connectivity index (χ4v) is 2.45. The van der Waals surface area contributed by atoms with Gasteiger partial charge in [-0.05, 0) is 18.9 Å². The lowest BCUT2D eigenvalue weighted by Gasteiger charge is -2.11. The third-order valence-corrected chi connectivity index (χ3v) is 3.81. The summed E-state index contributed by atoms with van der Waals surface area (Å²) in [5, 5.41) is 10.8. The summed E-state index contributed by atoms with van der Waals surface area (Å²) in [6, 6.07) is 3.80. The number of aromatic nitrogens is 2. The van der Waals surface area contributed by atoms with Crippen LogP contribution in [0, 0.1) is 0 Å². The van der Waals surface area contributed by atoms with E-state index in [1.165, 1.54) is 0 Å². The van der Waals surface area contributed by atoms with Crippen molar-refractivity contribution in [3.05, 3.63) is 40.9 Å². The Morgan fingerprint density at radius 1 is 1.20 bits per heavy atom. The molecular weight excluding hydrogens is 318 g/mol. The van der Waals surface area contributed by atoms with Crippen LogP contribution < -0.4 is 15.4 Å². The van der Waals surface area contributed by atoms with Gasteiger partial charge < -0.3 is 19.9 Å². The summed E-state index contributed by atoms with van der Waals surface area (Å²) in [6.45, 7) is 8.16. The highest BCUT2D eigenvalue weighted by atomic mass is 16.5. The van der Waals surface area contributed by atoms with Crippen molar-refractivity contribution in [2.45, 2.75) is 46.7 Å². The summed E-state index contributed by atoms with van der Waals surface area (Å²) >= 11 is 0. The number of hydrogen-bond donors (Lipinski definition) is 2. The first-order chi connectivity index (χ1) is 12.2. The third kappa shape index (κ3) is 5.20. The Balaban J connectivity index is 2.03. The number of rotatable bonds is 8. The molecule has 0 aliphatic heterocycles. The second-order valence-corrected chi connectivity index (χ2v) is 5.50. The molecular formula is C18H27N5O2. The summed E-state index contributed by atoms with van der Waals surface area (Å²) in [6.07, 6.45) is 3.46. The minimum absolute atomic E-state index is 0.539. The molecule has 2 aromatic heterocycles. The Labute approximate surface area is 148 Å². The lowest BCUT2D eigenvalue weighted by molar-refractivity contribution is 0.380. The van der Waals surface area contributed by atoms with Gasteiger partial charge in [-0.15, -0.1) is 0 Å². The zero-order chi connectivity index (χ0) is 18.1. The number of pyridine rings is 1. The Morgan fingerprint density at radius 2 is 2.04 bits per heavy atom. The fraction of sp³-hybridized carbons (Fsp3) is 0.500. The first kappa shape index (κ1) is 18.8. The summed E-state index contributed by atoms with van der Waals surface area (Å²) in [5.74, 6) is 2.28. The van der Waals surface area contributed by atoms with E-state index in [0.717, 1.165) is 47.9 Å². The van der Waals surface area contributed by atoms with Gasteiger partial charge in [-0.3, -0.25) is 0 Å². The van der Waals surface area contributed by atoms with E-state index in [1.54, 1.807) is 13.3 Å². The van der Waals surface area contributed by atoms with Gasteiger partial charge in [-0.25, -0.2) is 9.98 Å². The van der Waals surface area contributed by atoms with E-state index in [1.807, 2.05) is 19.1 Å². The third-order valence-electron chi connectivity index (χ3n) is 3.81. The maximum Gasteiger partial charge on any atom is 0.212 e. The van der Waals surface area contributed by atoms with Crippen molar-refractivity contribution in [3.63, 3.8) is 0 Å². The second kappa shape index (κ2) is 9.66. The summed E-state index contributed by atoms with van der Waals surface area (Å²) in [4.78, 5) is 8.81. The van der Waals surface area contributed by atoms with Gasteiger partial charge in [0.2, 0.25) is 5.88 Å². The van der Waals surface area contributed by atoms with Crippen molar-refractivity contribution >= 4 is 5.96 Å². The molecule has 2 rings (SSSR count).